The first-order chi connectivity index (χ1) is 27.1. The van der Waals surface area contributed by atoms with E-state index in [9.17, 15) is 23.3 Å². The molecule has 2 N–H and O–H groups in total. The Kier molecular flexibility index (Phi) is 12.1. The summed E-state index contributed by atoms with van der Waals surface area (Å²) in [4.78, 5) is 30.8. The molecule has 5 aromatic carbocycles. The predicted octanol–water partition coefficient (Wildman–Crippen LogP) is 8.39. The van der Waals surface area contributed by atoms with E-state index in [-0.39, 0.29) is 17.8 Å². The smallest absolute Gasteiger partial charge is 0.293 e. The highest BCUT2D eigenvalue weighted by Gasteiger charge is 2.26. The first kappa shape index (κ1) is 38.7. The third-order valence-corrected chi connectivity index (χ3v) is 12.1. The number of carbonyl (C=O) groups is 1. The van der Waals surface area contributed by atoms with E-state index >= 15 is 0 Å². The molecule has 0 aliphatic carbocycles. The predicted molar refractivity (Wildman–Crippen MR) is 221 cm³/mol. The highest BCUT2D eigenvalue weighted by Crippen LogP contribution is 2.35. The quantitative estimate of drug-likeness (QED) is 0.0883. The number of nitro groups is 1. The van der Waals surface area contributed by atoms with E-state index in [1.165, 1.54) is 41.3 Å². The molecule has 0 radical (unpaired) electrons. The van der Waals surface area contributed by atoms with Crippen molar-refractivity contribution in [2.75, 3.05) is 49.5 Å². The van der Waals surface area contributed by atoms with Crippen molar-refractivity contribution in [3.05, 3.63) is 166 Å². The highest BCUT2D eigenvalue weighted by atomic mass is 35.5. The molecule has 1 saturated heterocycles. The minimum Gasteiger partial charge on any atom is -0.497 e. The van der Waals surface area contributed by atoms with Gasteiger partial charge in [0.05, 0.1) is 21.6 Å². The van der Waals surface area contributed by atoms with Gasteiger partial charge in [0, 0.05) is 65.8 Å². The van der Waals surface area contributed by atoms with Gasteiger partial charge in [-0.3, -0.25) is 19.8 Å². The van der Waals surface area contributed by atoms with Gasteiger partial charge in [0.15, 0.2) is 0 Å². The Morgan fingerprint density at radius 1 is 0.893 bits per heavy atom. The summed E-state index contributed by atoms with van der Waals surface area (Å²) >= 11 is 7.50. The van der Waals surface area contributed by atoms with Gasteiger partial charge in [-0.15, -0.1) is 0 Å². The molecule has 0 bridgehead atoms. The Labute approximate surface area is 334 Å². The lowest BCUT2D eigenvalue weighted by Gasteiger charge is -2.36. The number of halogens is 1. The summed E-state index contributed by atoms with van der Waals surface area (Å²) in [7, 11) is -4.49. The summed E-state index contributed by atoms with van der Waals surface area (Å²) in [6.45, 7) is 4.61. The molecule has 0 aromatic heterocycles. The molecule has 7 rings (SSSR count). The number of amides is 1. The maximum absolute atomic E-state index is 13.8. The summed E-state index contributed by atoms with van der Waals surface area (Å²) in [6.07, 6.45) is 5.10. The van der Waals surface area contributed by atoms with Gasteiger partial charge in [-0.05, 0) is 89.0 Å². The van der Waals surface area contributed by atoms with Gasteiger partial charge in [-0.1, -0.05) is 78.0 Å². The maximum atomic E-state index is 13.8. The zero-order chi connectivity index (χ0) is 39.1. The largest absolute Gasteiger partial charge is 0.497 e. The molecular weight excluding hydrogens is 770 g/mol. The van der Waals surface area contributed by atoms with E-state index in [0.29, 0.717) is 16.5 Å². The van der Waals surface area contributed by atoms with Crippen LogP contribution in [0.15, 0.2) is 154 Å². The van der Waals surface area contributed by atoms with E-state index in [1.807, 2.05) is 78.9 Å². The fourth-order valence-electron chi connectivity index (χ4n) is 6.53. The molecule has 286 valence electrons. The van der Waals surface area contributed by atoms with Crippen molar-refractivity contribution in [1.82, 2.24) is 9.62 Å². The third kappa shape index (κ3) is 9.43. The van der Waals surface area contributed by atoms with E-state index in [0.717, 1.165) is 60.5 Å². The Hall–Kier alpha value is -5.60. The van der Waals surface area contributed by atoms with E-state index in [2.05, 4.69) is 38.0 Å². The van der Waals surface area contributed by atoms with Crippen LogP contribution in [0.5, 0.6) is 0 Å². The van der Waals surface area contributed by atoms with Crippen LogP contribution in [0.25, 0.3) is 11.1 Å². The molecule has 11 nitrogen and oxygen atoms in total. The summed E-state index contributed by atoms with van der Waals surface area (Å²) in [6, 6.07) is 34.7. The van der Waals surface area contributed by atoms with Gasteiger partial charge in [-0.2, -0.15) is 0 Å². The van der Waals surface area contributed by atoms with Crippen molar-refractivity contribution in [3.8, 4) is 11.1 Å². The summed E-state index contributed by atoms with van der Waals surface area (Å²) in [5, 5.41) is 15.7. The fourth-order valence-corrected chi connectivity index (χ4v) is 8.64. The molecule has 2 heterocycles. The number of nitro benzene ring substituents is 1. The van der Waals surface area contributed by atoms with E-state index in [1.54, 1.807) is 12.1 Å². The molecule has 14 heteroatoms. The molecule has 2 aliphatic heterocycles. The topological polar surface area (TPSA) is 134 Å². The van der Waals surface area contributed by atoms with Crippen LogP contribution in [0.4, 0.5) is 17.1 Å². The van der Waals surface area contributed by atoms with Crippen LogP contribution >= 0.6 is 23.4 Å². The summed E-state index contributed by atoms with van der Waals surface area (Å²) < 4.78 is 34.4. The van der Waals surface area contributed by atoms with Gasteiger partial charge in [0.2, 0.25) is 0 Å². The molecule has 0 saturated carbocycles. The van der Waals surface area contributed by atoms with Gasteiger partial charge >= 0.3 is 0 Å². The van der Waals surface area contributed by atoms with Gasteiger partial charge < -0.3 is 15.0 Å². The molecular formula is C42H38ClN5O6S2. The van der Waals surface area contributed by atoms with Crippen molar-refractivity contribution in [2.45, 2.75) is 21.2 Å². The van der Waals surface area contributed by atoms with Crippen LogP contribution < -0.4 is 14.9 Å². The second-order valence-corrected chi connectivity index (χ2v) is 16.4. The number of ether oxygens (including phenoxy) is 1. The van der Waals surface area contributed by atoms with Crippen molar-refractivity contribution >= 4 is 56.4 Å². The molecule has 1 amide bonds. The molecule has 2 aliphatic rings. The van der Waals surface area contributed by atoms with Gasteiger partial charge in [0.1, 0.15) is 12.3 Å². The number of nitrogens with one attached hydrogen (secondary N) is 2. The number of piperazine rings is 1. The molecule has 5 aromatic rings. The van der Waals surface area contributed by atoms with Crippen LogP contribution in [-0.4, -0.2) is 63.5 Å². The number of sulfonamides is 1. The molecule has 0 spiro atoms. The number of anilines is 2. The Morgan fingerprint density at radius 3 is 2.38 bits per heavy atom. The average Bonchev–Trinajstić information content (AvgIpc) is 3.21. The number of benzene rings is 5. The minimum absolute atomic E-state index is 0.141. The minimum atomic E-state index is -4.49. The van der Waals surface area contributed by atoms with Crippen LogP contribution in [-0.2, 0) is 21.3 Å². The zero-order valence-electron chi connectivity index (χ0n) is 30.1. The molecule has 1 fully saturated rings. The van der Waals surface area contributed by atoms with Crippen LogP contribution in [0.1, 0.15) is 15.9 Å². The summed E-state index contributed by atoms with van der Waals surface area (Å²) in [5.41, 5.74) is 5.17. The van der Waals surface area contributed by atoms with E-state index in [4.69, 9.17) is 16.3 Å². The Balaban J connectivity index is 1.06. The molecule has 0 unspecified atom stereocenters. The lowest BCUT2D eigenvalue weighted by atomic mass is 9.99. The number of nitrogens with zero attached hydrogens (tertiary/aromatic N) is 3. The van der Waals surface area contributed by atoms with Gasteiger partial charge in [-0.25, -0.2) is 13.1 Å². The number of carbonyl (C=O) groups excluding carboxylic acids is 1. The monoisotopic (exact) mass is 807 g/mol. The van der Waals surface area contributed by atoms with Crippen LogP contribution in [0.3, 0.4) is 0 Å². The first-order valence-corrected chi connectivity index (χ1v) is 20.6. The fraction of sp³-hybridized carbons (Fsp3) is 0.167. The van der Waals surface area contributed by atoms with E-state index < -0.39 is 31.4 Å². The Morgan fingerprint density at radius 2 is 1.64 bits per heavy atom. The maximum Gasteiger partial charge on any atom is 0.293 e. The average molecular weight is 808 g/mol. The second-order valence-electron chi connectivity index (χ2n) is 13.2. The van der Waals surface area contributed by atoms with Gasteiger partial charge in [0.25, 0.3) is 21.6 Å². The molecule has 0 atom stereocenters. The van der Waals surface area contributed by atoms with Crippen molar-refractivity contribution in [3.63, 3.8) is 0 Å². The van der Waals surface area contributed by atoms with Crippen LogP contribution in [0, 0.1) is 10.1 Å². The number of hydrogen-bond donors (Lipinski definition) is 2. The van der Waals surface area contributed by atoms with Crippen LogP contribution in [0.2, 0.25) is 5.02 Å². The highest BCUT2D eigenvalue weighted by molar-refractivity contribution is 7.99. The number of rotatable bonds is 13. The standard InChI is InChI=1S/C42H38ClN5O6S2/c43-33-12-10-31(11-13-33)37-9-5-4-6-32(37)29-46-20-22-47(23-21-46)34-14-16-38(41(26-34)55-35-7-2-1-3-8-35)42(49)45-56(52,53)36-15-17-39(40(27-36)48(50)51)44-28-30-18-24-54-25-19-30/h1-19,24,26-27,44H,20-23,25,28-29H2,(H,45,49). The van der Waals surface area contributed by atoms with Crippen molar-refractivity contribution < 1.29 is 22.9 Å². The second kappa shape index (κ2) is 17.5. The first-order valence-electron chi connectivity index (χ1n) is 17.9. The van der Waals surface area contributed by atoms with Crippen molar-refractivity contribution in [2.24, 2.45) is 0 Å². The number of hydrogen-bond acceptors (Lipinski definition) is 10. The lowest BCUT2D eigenvalue weighted by Crippen LogP contribution is -2.46. The zero-order valence-corrected chi connectivity index (χ0v) is 32.5. The lowest BCUT2D eigenvalue weighted by molar-refractivity contribution is -0.384. The third-order valence-electron chi connectivity index (χ3n) is 9.49. The normalized spacial score (nSPS) is 14.4. The summed E-state index contributed by atoms with van der Waals surface area (Å²) in [5.74, 6) is -0.845. The van der Waals surface area contributed by atoms with Crippen molar-refractivity contribution in [1.29, 1.82) is 0 Å². The SMILES string of the molecule is O=C(NS(=O)(=O)c1ccc(NCC2=CCOC=C2)c([N+](=O)[O-])c1)c1ccc(N2CCN(Cc3ccccc3-c3ccc(Cl)cc3)CC2)cc1Sc1ccccc1. The Bertz CT molecular complexity index is 2400. The molecule has 56 heavy (non-hydrogen) atoms.